The SMILES string of the molecule is Cc1cc(C)c(S(=O)(=O)NC(Cn2c3c(c4cc(Cl)ccc42)CCC3)C(F)(F)F)c(C)c1. The van der Waals surface area contributed by atoms with E-state index in [0.29, 0.717) is 28.1 Å². The van der Waals surface area contributed by atoms with Crippen molar-refractivity contribution in [2.45, 2.75) is 63.7 Å². The van der Waals surface area contributed by atoms with Gasteiger partial charge in [0.2, 0.25) is 10.0 Å². The van der Waals surface area contributed by atoms with Crippen LogP contribution >= 0.6 is 11.6 Å². The zero-order valence-corrected chi connectivity index (χ0v) is 19.5. The summed E-state index contributed by atoms with van der Waals surface area (Å²) in [5, 5.41) is 1.35. The van der Waals surface area contributed by atoms with Crippen LogP contribution in [0, 0.1) is 20.8 Å². The Morgan fingerprint density at radius 1 is 1.09 bits per heavy atom. The molecule has 1 aliphatic rings. The van der Waals surface area contributed by atoms with Crippen LogP contribution in [0.4, 0.5) is 13.2 Å². The molecule has 0 bridgehead atoms. The summed E-state index contributed by atoms with van der Waals surface area (Å²) in [5.41, 5.74) is 4.13. The summed E-state index contributed by atoms with van der Waals surface area (Å²) in [7, 11) is -4.40. The van der Waals surface area contributed by atoms with Gasteiger partial charge in [0.15, 0.2) is 0 Å². The first-order valence-corrected chi connectivity index (χ1v) is 12.2. The lowest BCUT2D eigenvalue weighted by molar-refractivity contribution is -0.154. The standard InChI is InChI=1S/C23H24ClF3N2O2S/c1-13-9-14(2)22(15(3)10-13)32(30,31)28-21(23(25,26)27)12-29-19-6-4-5-17(19)18-11-16(24)7-8-20(18)29/h7-11,21,28H,4-6,12H2,1-3H3. The van der Waals surface area contributed by atoms with E-state index >= 15 is 0 Å². The predicted octanol–water partition coefficient (Wildman–Crippen LogP) is 5.62. The molecule has 1 atom stereocenters. The summed E-state index contributed by atoms with van der Waals surface area (Å²) >= 11 is 6.12. The highest BCUT2D eigenvalue weighted by Gasteiger charge is 2.43. The van der Waals surface area contributed by atoms with Crippen molar-refractivity contribution in [1.29, 1.82) is 0 Å². The summed E-state index contributed by atoms with van der Waals surface area (Å²) in [6.07, 6.45) is -2.51. The molecule has 0 spiro atoms. The number of benzene rings is 2. The van der Waals surface area contributed by atoms with Crippen molar-refractivity contribution in [3.63, 3.8) is 0 Å². The second kappa shape index (κ2) is 8.08. The lowest BCUT2D eigenvalue weighted by atomic mass is 10.1. The topological polar surface area (TPSA) is 51.1 Å². The van der Waals surface area contributed by atoms with Gasteiger partial charge in [-0.25, -0.2) is 8.42 Å². The van der Waals surface area contributed by atoms with Crippen LogP contribution in [0.25, 0.3) is 10.9 Å². The molecule has 0 aliphatic heterocycles. The zero-order chi connectivity index (χ0) is 23.4. The smallest absolute Gasteiger partial charge is 0.342 e. The summed E-state index contributed by atoms with van der Waals surface area (Å²) in [4.78, 5) is -0.105. The van der Waals surface area contributed by atoms with Gasteiger partial charge in [0.05, 0.1) is 4.90 Å². The molecule has 32 heavy (non-hydrogen) atoms. The minimum absolute atomic E-state index is 0.105. The summed E-state index contributed by atoms with van der Waals surface area (Å²) in [6, 6.07) is 6.14. The molecule has 1 unspecified atom stereocenters. The second-order valence-electron chi connectivity index (χ2n) is 8.49. The second-order valence-corrected chi connectivity index (χ2v) is 10.6. The molecule has 1 aliphatic carbocycles. The summed E-state index contributed by atoms with van der Waals surface area (Å²) < 4.78 is 71.9. The first-order valence-electron chi connectivity index (χ1n) is 10.3. The number of rotatable bonds is 5. The number of aromatic nitrogens is 1. The van der Waals surface area contributed by atoms with Gasteiger partial charge in [-0.05, 0) is 74.9 Å². The molecule has 0 amide bonds. The molecule has 0 radical (unpaired) electrons. The van der Waals surface area contributed by atoms with Gasteiger partial charge in [-0.15, -0.1) is 0 Å². The minimum atomic E-state index is -4.77. The van der Waals surface area contributed by atoms with Crippen molar-refractivity contribution in [3.05, 3.63) is 63.3 Å². The number of sulfonamides is 1. The molecule has 0 saturated carbocycles. The Labute approximate surface area is 190 Å². The summed E-state index contributed by atoms with van der Waals surface area (Å²) in [5.74, 6) is 0. The van der Waals surface area contributed by atoms with Crippen molar-refractivity contribution in [2.75, 3.05) is 0 Å². The molecule has 4 rings (SSSR count). The maximum atomic E-state index is 14.1. The lowest BCUT2D eigenvalue weighted by Gasteiger charge is -2.24. The first kappa shape index (κ1) is 23.1. The fraction of sp³-hybridized carbons (Fsp3) is 0.391. The van der Waals surface area contributed by atoms with Crippen molar-refractivity contribution in [3.8, 4) is 0 Å². The Kier molecular flexibility index (Phi) is 5.84. The van der Waals surface area contributed by atoms with Crippen molar-refractivity contribution >= 4 is 32.5 Å². The molecule has 4 nitrogen and oxygen atoms in total. The van der Waals surface area contributed by atoms with Crippen LogP contribution in [0.1, 0.15) is 34.4 Å². The van der Waals surface area contributed by atoms with Crippen molar-refractivity contribution in [1.82, 2.24) is 9.29 Å². The number of fused-ring (bicyclic) bond motifs is 3. The van der Waals surface area contributed by atoms with Crippen LogP contribution in [0.15, 0.2) is 35.2 Å². The van der Waals surface area contributed by atoms with Gasteiger partial charge in [-0.3, -0.25) is 0 Å². The number of hydrogen-bond acceptors (Lipinski definition) is 2. The third kappa shape index (κ3) is 4.16. The maximum Gasteiger partial charge on any atom is 0.406 e. The number of halogens is 4. The molecule has 1 N–H and O–H groups in total. The molecular formula is C23H24ClF3N2O2S. The lowest BCUT2D eigenvalue weighted by Crippen LogP contribution is -2.48. The average molecular weight is 485 g/mol. The zero-order valence-electron chi connectivity index (χ0n) is 18.0. The number of hydrogen-bond donors (Lipinski definition) is 1. The molecule has 9 heteroatoms. The van der Waals surface area contributed by atoms with Gasteiger partial charge in [0.25, 0.3) is 0 Å². The Bertz CT molecular complexity index is 1290. The number of aryl methyl sites for hydroxylation is 4. The Morgan fingerprint density at radius 2 is 1.75 bits per heavy atom. The third-order valence-corrected chi connectivity index (χ3v) is 8.03. The van der Waals surface area contributed by atoms with Gasteiger partial charge >= 0.3 is 6.18 Å². The fourth-order valence-electron chi connectivity index (χ4n) is 4.88. The highest BCUT2D eigenvalue weighted by molar-refractivity contribution is 7.89. The maximum absolute atomic E-state index is 14.1. The number of nitrogens with zero attached hydrogens (tertiary/aromatic N) is 1. The van der Waals surface area contributed by atoms with E-state index in [1.165, 1.54) is 0 Å². The number of alkyl halides is 3. The van der Waals surface area contributed by atoms with E-state index in [-0.39, 0.29) is 4.90 Å². The van der Waals surface area contributed by atoms with Crippen LogP contribution in [-0.2, 0) is 29.4 Å². The normalized spacial score (nSPS) is 15.3. The van der Waals surface area contributed by atoms with Gasteiger partial charge in [-0.1, -0.05) is 29.3 Å². The first-order chi connectivity index (χ1) is 14.9. The van der Waals surface area contributed by atoms with Gasteiger partial charge in [-0.2, -0.15) is 17.9 Å². The molecule has 1 aromatic heterocycles. The Hall–Kier alpha value is -2.03. The highest BCUT2D eigenvalue weighted by atomic mass is 35.5. The number of nitrogens with one attached hydrogen (secondary N) is 1. The van der Waals surface area contributed by atoms with Crippen LogP contribution < -0.4 is 4.72 Å². The van der Waals surface area contributed by atoms with Crippen molar-refractivity contribution in [2.24, 2.45) is 0 Å². The largest absolute Gasteiger partial charge is 0.406 e. The van der Waals surface area contributed by atoms with Gasteiger partial charge < -0.3 is 4.57 Å². The van der Waals surface area contributed by atoms with E-state index in [1.807, 2.05) is 11.6 Å². The monoisotopic (exact) mass is 484 g/mol. The molecule has 3 aromatic rings. The van der Waals surface area contributed by atoms with Crippen LogP contribution in [0.3, 0.4) is 0 Å². The molecule has 2 aromatic carbocycles. The Balaban J connectivity index is 1.76. The quantitative estimate of drug-likeness (QED) is 0.511. The molecule has 0 saturated heterocycles. The van der Waals surface area contributed by atoms with E-state index in [2.05, 4.69) is 0 Å². The van der Waals surface area contributed by atoms with Gasteiger partial charge in [0.1, 0.15) is 6.04 Å². The molecule has 172 valence electrons. The van der Waals surface area contributed by atoms with E-state index in [1.54, 1.807) is 48.7 Å². The minimum Gasteiger partial charge on any atom is -0.342 e. The van der Waals surface area contributed by atoms with E-state index in [0.717, 1.165) is 35.0 Å². The molecule has 1 heterocycles. The van der Waals surface area contributed by atoms with Crippen molar-refractivity contribution < 1.29 is 21.6 Å². The molecular weight excluding hydrogens is 461 g/mol. The van der Waals surface area contributed by atoms with Crippen LogP contribution in [0.2, 0.25) is 5.02 Å². The van der Waals surface area contributed by atoms with Crippen LogP contribution in [-0.4, -0.2) is 25.2 Å². The highest BCUT2D eigenvalue weighted by Crippen LogP contribution is 2.36. The summed E-state index contributed by atoms with van der Waals surface area (Å²) in [6.45, 7) is 4.45. The van der Waals surface area contributed by atoms with E-state index < -0.39 is 28.8 Å². The molecule has 0 fully saturated rings. The van der Waals surface area contributed by atoms with E-state index in [4.69, 9.17) is 11.6 Å². The third-order valence-electron chi connectivity index (χ3n) is 6.02. The predicted molar refractivity (Wildman–Crippen MR) is 120 cm³/mol. The average Bonchev–Trinajstić information content (AvgIpc) is 3.21. The van der Waals surface area contributed by atoms with E-state index in [9.17, 15) is 21.6 Å². The Morgan fingerprint density at radius 3 is 2.38 bits per heavy atom. The van der Waals surface area contributed by atoms with Crippen LogP contribution in [0.5, 0.6) is 0 Å². The fourth-order valence-corrected chi connectivity index (χ4v) is 6.72. The van der Waals surface area contributed by atoms with Gasteiger partial charge in [0, 0.05) is 28.2 Å².